The maximum atomic E-state index is 13.7. The lowest BCUT2D eigenvalue weighted by molar-refractivity contribution is 0.0719. The van der Waals surface area contributed by atoms with E-state index >= 15 is 0 Å². The molecule has 0 aliphatic rings. The third-order valence-corrected chi connectivity index (χ3v) is 12.4. The molecular weight excluding hydrogens is 801 g/mol. The molecule has 6 aromatic rings. The SMILES string of the molecule is COc1c(C)cc(C(C)(C)c2cc(C)c(OC(=O)c3cccc(C(=O)Oc4c(C)cc(C(C)(C)c5cc(C)c(OC(=O)c6ccc(C(C)=O)cc6)c(C)c5)cc4C)c3)c(C)c2)cc1C. The van der Waals surface area contributed by atoms with Crippen LogP contribution < -0.4 is 18.9 Å². The maximum Gasteiger partial charge on any atom is 0.343 e. The Kier molecular flexibility index (Phi) is 13.2. The van der Waals surface area contributed by atoms with E-state index < -0.39 is 23.3 Å². The van der Waals surface area contributed by atoms with Crippen molar-refractivity contribution >= 4 is 23.7 Å². The molecule has 0 aromatic heterocycles. The fourth-order valence-electron chi connectivity index (χ4n) is 8.45. The largest absolute Gasteiger partial charge is 0.496 e. The highest BCUT2D eigenvalue weighted by Crippen LogP contribution is 2.41. The molecule has 6 aromatic carbocycles. The first kappa shape index (κ1) is 46.7. The summed E-state index contributed by atoms with van der Waals surface area (Å²) in [6, 6.07) is 29.3. The first-order valence-corrected chi connectivity index (χ1v) is 21.4. The van der Waals surface area contributed by atoms with Crippen molar-refractivity contribution in [2.45, 2.75) is 101 Å². The number of benzene rings is 6. The Bertz CT molecular complexity index is 2750. The average molecular weight is 859 g/mol. The van der Waals surface area contributed by atoms with E-state index in [1.165, 1.54) is 13.0 Å². The molecule has 0 saturated heterocycles. The summed E-state index contributed by atoms with van der Waals surface area (Å²) >= 11 is 0. The summed E-state index contributed by atoms with van der Waals surface area (Å²) in [4.78, 5) is 52.0. The fourth-order valence-corrected chi connectivity index (χ4v) is 8.45. The number of carbonyl (C=O) groups excluding carboxylic acids is 4. The van der Waals surface area contributed by atoms with Crippen LogP contribution in [0.4, 0.5) is 0 Å². The second-order valence-corrected chi connectivity index (χ2v) is 18.1. The Morgan fingerprint density at radius 2 is 0.641 bits per heavy atom. The van der Waals surface area contributed by atoms with Crippen molar-refractivity contribution in [1.82, 2.24) is 0 Å². The number of Topliss-reactive ketones (excluding diaryl/α,β-unsaturated/α-hetero) is 1. The molecule has 0 amide bonds. The quantitative estimate of drug-likeness (QED) is 0.0680. The molecule has 0 fully saturated rings. The molecule has 0 spiro atoms. The van der Waals surface area contributed by atoms with Gasteiger partial charge in [-0.1, -0.05) is 94.4 Å². The van der Waals surface area contributed by atoms with E-state index in [0.29, 0.717) is 28.4 Å². The zero-order valence-corrected chi connectivity index (χ0v) is 39.5. The van der Waals surface area contributed by atoms with Crippen LogP contribution in [0.5, 0.6) is 23.0 Å². The predicted molar refractivity (Wildman–Crippen MR) is 252 cm³/mol. The standard InChI is InChI=1S/C56H58O8/c1-31-22-44(23-32(2)48(31)61-14)55(10,11)45-26-35(5)50(36(6)27-45)63-53(59)42-16-15-17-43(30-42)54(60)64-51-37(7)28-47(29-38(51)8)56(12,13)46-24-33(3)49(34(4)25-46)62-52(58)41-20-18-40(19-21-41)39(9)57/h15-30H,1-14H3. The van der Waals surface area contributed by atoms with Gasteiger partial charge >= 0.3 is 17.9 Å². The van der Waals surface area contributed by atoms with Crippen molar-refractivity contribution in [2.75, 3.05) is 7.11 Å². The second kappa shape index (κ2) is 18.1. The number of carbonyl (C=O) groups is 4. The van der Waals surface area contributed by atoms with Gasteiger partial charge in [0, 0.05) is 16.4 Å². The van der Waals surface area contributed by atoms with Gasteiger partial charge in [-0.2, -0.15) is 0 Å². The summed E-state index contributed by atoms with van der Waals surface area (Å²) in [7, 11) is 1.69. The van der Waals surface area contributed by atoms with Gasteiger partial charge in [0.05, 0.1) is 23.8 Å². The van der Waals surface area contributed by atoms with E-state index in [1.807, 2.05) is 65.8 Å². The molecule has 0 atom stereocenters. The van der Waals surface area contributed by atoms with Crippen molar-refractivity contribution in [3.8, 4) is 23.0 Å². The third kappa shape index (κ3) is 9.42. The molecule has 0 N–H and O–H groups in total. The predicted octanol–water partition coefficient (Wildman–Crippen LogP) is 12.7. The zero-order chi connectivity index (χ0) is 47.0. The number of methoxy groups -OCH3 is 1. The van der Waals surface area contributed by atoms with Crippen LogP contribution in [0.1, 0.15) is 143 Å². The molecule has 0 unspecified atom stereocenters. The monoisotopic (exact) mass is 858 g/mol. The number of aryl methyl sites for hydroxylation is 8. The van der Waals surface area contributed by atoms with Crippen molar-refractivity contribution in [1.29, 1.82) is 0 Å². The Morgan fingerprint density at radius 1 is 0.375 bits per heavy atom. The number of hydrogen-bond acceptors (Lipinski definition) is 8. The van der Waals surface area contributed by atoms with Gasteiger partial charge in [-0.25, -0.2) is 14.4 Å². The van der Waals surface area contributed by atoms with Crippen molar-refractivity contribution in [2.24, 2.45) is 0 Å². The molecule has 0 radical (unpaired) electrons. The van der Waals surface area contributed by atoms with Crippen LogP contribution in [0.2, 0.25) is 0 Å². The fraction of sp³-hybridized carbons (Fsp3) is 0.286. The summed E-state index contributed by atoms with van der Waals surface area (Å²) in [6.45, 7) is 25.7. The van der Waals surface area contributed by atoms with Gasteiger partial charge in [-0.05, 0) is 159 Å². The van der Waals surface area contributed by atoms with Crippen molar-refractivity contribution < 1.29 is 38.1 Å². The zero-order valence-electron chi connectivity index (χ0n) is 39.5. The van der Waals surface area contributed by atoms with Gasteiger partial charge in [-0.15, -0.1) is 0 Å². The number of ether oxygens (including phenoxy) is 4. The molecular formula is C56H58O8. The van der Waals surface area contributed by atoms with Crippen LogP contribution in [-0.4, -0.2) is 30.8 Å². The lowest BCUT2D eigenvalue weighted by Gasteiger charge is -2.29. The minimum atomic E-state index is -0.595. The van der Waals surface area contributed by atoms with E-state index in [9.17, 15) is 19.2 Å². The Morgan fingerprint density at radius 3 is 0.922 bits per heavy atom. The minimum Gasteiger partial charge on any atom is -0.496 e. The van der Waals surface area contributed by atoms with Crippen LogP contribution in [0.25, 0.3) is 0 Å². The van der Waals surface area contributed by atoms with Crippen LogP contribution >= 0.6 is 0 Å². The minimum absolute atomic E-state index is 0.0758. The lowest BCUT2D eigenvalue weighted by atomic mass is 9.76. The molecule has 0 saturated carbocycles. The van der Waals surface area contributed by atoms with Crippen molar-refractivity contribution in [3.05, 3.63) is 186 Å². The smallest absolute Gasteiger partial charge is 0.343 e. The van der Waals surface area contributed by atoms with E-state index in [4.69, 9.17) is 18.9 Å². The molecule has 330 valence electrons. The normalized spacial score (nSPS) is 11.5. The summed E-state index contributed by atoms with van der Waals surface area (Å²) in [5.41, 5.74) is 11.7. The summed E-state index contributed by atoms with van der Waals surface area (Å²) in [5, 5.41) is 0. The molecule has 6 rings (SSSR count). The molecule has 8 nitrogen and oxygen atoms in total. The highest BCUT2D eigenvalue weighted by atomic mass is 16.5. The Labute approximate surface area is 377 Å². The van der Waals surface area contributed by atoms with Gasteiger partial charge < -0.3 is 18.9 Å². The Balaban J connectivity index is 1.16. The summed E-state index contributed by atoms with van der Waals surface area (Å²) in [6.07, 6.45) is 0. The second-order valence-electron chi connectivity index (χ2n) is 18.1. The van der Waals surface area contributed by atoms with Gasteiger partial charge in [0.2, 0.25) is 0 Å². The first-order valence-electron chi connectivity index (χ1n) is 21.4. The Hall–Kier alpha value is -6.80. The molecule has 8 heteroatoms. The number of hydrogen-bond donors (Lipinski definition) is 0. The number of rotatable bonds is 12. The molecule has 0 aliphatic heterocycles. The molecule has 0 heterocycles. The van der Waals surface area contributed by atoms with Crippen LogP contribution in [-0.2, 0) is 10.8 Å². The molecule has 0 aliphatic carbocycles. The van der Waals surface area contributed by atoms with Crippen molar-refractivity contribution in [3.63, 3.8) is 0 Å². The van der Waals surface area contributed by atoms with Crippen LogP contribution in [0.15, 0.2) is 97.1 Å². The average Bonchev–Trinajstić information content (AvgIpc) is 3.24. The van der Waals surface area contributed by atoms with Gasteiger partial charge in [0.1, 0.15) is 23.0 Å². The molecule has 64 heavy (non-hydrogen) atoms. The maximum absolute atomic E-state index is 13.7. The van der Waals surface area contributed by atoms with Gasteiger partial charge in [0.25, 0.3) is 0 Å². The van der Waals surface area contributed by atoms with Crippen LogP contribution in [0.3, 0.4) is 0 Å². The lowest BCUT2D eigenvalue weighted by Crippen LogP contribution is -2.21. The van der Waals surface area contributed by atoms with Gasteiger partial charge in [-0.3, -0.25) is 4.79 Å². The van der Waals surface area contributed by atoms with Crippen LogP contribution in [0, 0.1) is 55.4 Å². The highest BCUT2D eigenvalue weighted by molar-refractivity contribution is 5.98. The van der Waals surface area contributed by atoms with E-state index in [2.05, 4.69) is 65.8 Å². The summed E-state index contributed by atoms with van der Waals surface area (Å²) in [5.74, 6) is 0.545. The van der Waals surface area contributed by atoms with E-state index in [-0.39, 0.29) is 22.3 Å². The third-order valence-electron chi connectivity index (χ3n) is 12.4. The van der Waals surface area contributed by atoms with Gasteiger partial charge in [0.15, 0.2) is 5.78 Å². The van der Waals surface area contributed by atoms with E-state index in [1.54, 1.807) is 49.6 Å². The summed E-state index contributed by atoms with van der Waals surface area (Å²) < 4.78 is 23.5. The highest BCUT2D eigenvalue weighted by Gasteiger charge is 2.29. The molecule has 0 bridgehead atoms. The number of ketones is 1. The topological polar surface area (TPSA) is 105 Å². The van der Waals surface area contributed by atoms with E-state index in [0.717, 1.165) is 72.5 Å². The number of esters is 3. The first-order chi connectivity index (χ1) is 30.0.